The number of carbonyl (C=O) groups excluding carboxylic acids is 1. The molecule has 2 N–H and O–H groups in total. The Balaban J connectivity index is 2.43. The highest BCUT2D eigenvalue weighted by atomic mass is 16.1. The van der Waals surface area contributed by atoms with Crippen LogP contribution in [0.25, 0.3) is 0 Å². The van der Waals surface area contributed by atoms with Crippen LogP contribution in [0.5, 0.6) is 0 Å². The average Bonchev–Trinajstić information content (AvgIpc) is 3.00. The van der Waals surface area contributed by atoms with Gasteiger partial charge >= 0.3 is 0 Å². The molecule has 0 radical (unpaired) electrons. The molecule has 0 saturated heterocycles. The quantitative estimate of drug-likeness (QED) is 0.775. The first-order chi connectivity index (χ1) is 6.72. The zero-order valence-corrected chi connectivity index (χ0v) is 8.16. The lowest BCUT2D eigenvalue weighted by atomic mass is 10.2. The van der Waals surface area contributed by atoms with E-state index < -0.39 is 5.91 Å². The highest BCUT2D eigenvalue weighted by molar-refractivity contribution is 5.92. The molecule has 0 atom stereocenters. The molecule has 0 bridgehead atoms. The summed E-state index contributed by atoms with van der Waals surface area (Å²) in [5, 5.41) is 0. The maximum atomic E-state index is 11.1. The number of nitrogens with two attached hydrogens (primary N) is 1. The molecule has 4 heteroatoms. The molecule has 0 spiro atoms. The number of carbonyl (C=O) groups is 1. The molecule has 0 aromatic carbocycles. The standard InChI is InChI=1S/C10H13N3O/c1-2-7-5-12-8(6-3-4-6)9(13-7)10(11)14/h5-6H,2-4H2,1H3,(H2,11,14). The van der Waals surface area contributed by atoms with Crippen LogP contribution in [0.2, 0.25) is 0 Å². The van der Waals surface area contributed by atoms with Gasteiger partial charge in [0.05, 0.1) is 11.4 Å². The van der Waals surface area contributed by atoms with Crippen molar-refractivity contribution in [1.29, 1.82) is 0 Å². The van der Waals surface area contributed by atoms with E-state index >= 15 is 0 Å². The second kappa shape index (κ2) is 3.36. The van der Waals surface area contributed by atoms with Gasteiger partial charge in [0, 0.05) is 12.1 Å². The molecule has 0 aliphatic heterocycles. The van der Waals surface area contributed by atoms with Crippen LogP contribution in [-0.2, 0) is 6.42 Å². The number of hydrogen-bond donors (Lipinski definition) is 1. The summed E-state index contributed by atoms with van der Waals surface area (Å²) in [7, 11) is 0. The third kappa shape index (κ3) is 1.60. The average molecular weight is 191 g/mol. The number of amides is 1. The van der Waals surface area contributed by atoms with E-state index in [1.54, 1.807) is 6.20 Å². The van der Waals surface area contributed by atoms with Gasteiger partial charge in [0.1, 0.15) is 5.69 Å². The largest absolute Gasteiger partial charge is 0.364 e. The van der Waals surface area contributed by atoms with E-state index in [-0.39, 0.29) is 0 Å². The molecule has 1 aromatic rings. The summed E-state index contributed by atoms with van der Waals surface area (Å²) in [5.41, 5.74) is 7.24. The summed E-state index contributed by atoms with van der Waals surface area (Å²) in [6.45, 7) is 1.98. The first-order valence-corrected chi connectivity index (χ1v) is 4.88. The molecule has 14 heavy (non-hydrogen) atoms. The van der Waals surface area contributed by atoms with Crippen molar-refractivity contribution in [3.8, 4) is 0 Å². The summed E-state index contributed by atoms with van der Waals surface area (Å²) in [5.74, 6) is -0.0504. The lowest BCUT2D eigenvalue weighted by Gasteiger charge is -2.04. The monoisotopic (exact) mass is 191 g/mol. The van der Waals surface area contributed by atoms with Gasteiger partial charge in [-0.25, -0.2) is 4.98 Å². The molecular formula is C10H13N3O. The van der Waals surface area contributed by atoms with E-state index in [0.29, 0.717) is 11.6 Å². The maximum absolute atomic E-state index is 11.1. The predicted octanol–water partition coefficient (Wildman–Crippen LogP) is 1.02. The zero-order valence-electron chi connectivity index (χ0n) is 8.16. The van der Waals surface area contributed by atoms with Crippen molar-refractivity contribution in [2.75, 3.05) is 0 Å². The van der Waals surface area contributed by atoms with Gasteiger partial charge in [-0.1, -0.05) is 6.92 Å². The molecule has 1 aromatic heterocycles. The molecule has 1 amide bonds. The van der Waals surface area contributed by atoms with Crippen molar-refractivity contribution in [3.63, 3.8) is 0 Å². The molecular weight excluding hydrogens is 178 g/mol. The van der Waals surface area contributed by atoms with Gasteiger partial charge in [-0.15, -0.1) is 0 Å². The normalized spacial score (nSPS) is 15.5. The Labute approximate surface area is 82.6 Å². The van der Waals surface area contributed by atoms with Gasteiger partial charge in [-0.05, 0) is 19.3 Å². The number of aromatic nitrogens is 2. The third-order valence-corrected chi connectivity index (χ3v) is 2.41. The molecule has 1 fully saturated rings. The van der Waals surface area contributed by atoms with Gasteiger partial charge in [0.15, 0.2) is 0 Å². The van der Waals surface area contributed by atoms with Crippen molar-refractivity contribution in [2.24, 2.45) is 5.73 Å². The lowest BCUT2D eigenvalue weighted by molar-refractivity contribution is 0.0993. The number of nitrogens with zero attached hydrogens (tertiary/aromatic N) is 2. The fourth-order valence-electron chi connectivity index (χ4n) is 1.44. The van der Waals surface area contributed by atoms with Gasteiger partial charge in [0.2, 0.25) is 0 Å². The van der Waals surface area contributed by atoms with Gasteiger partial charge < -0.3 is 5.73 Å². The zero-order chi connectivity index (χ0) is 10.1. The summed E-state index contributed by atoms with van der Waals surface area (Å²) in [6, 6.07) is 0. The van der Waals surface area contributed by atoms with Crippen LogP contribution in [0.3, 0.4) is 0 Å². The van der Waals surface area contributed by atoms with Gasteiger partial charge in [0.25, 0.3) is 5.91 Å². The lowest BCUT2D eigenvalue weighted by Crippen LogP contribution is -2.17. The van der Waals surface area contributed by atoms with Crippen molar-refractivity contribution >= 4 is 5.91 Å². The first-order valence-electron chi connectivity index (χ1n) is 4.88. The highest BCUT2D eigenvalue weighted by Crippen LogP contribution is 2.39. The van der Waals surface area contributed by atoms with Crippen molar-refractivity contribution in [2.45, 2.75) is 32.1 Å². The van der Waals surface area contributed by atoms with E-state index in [1.807, 2.05) is 6.92 Å². The Bertz CT molecular complexity index is 372. The van der Waals surface area contributed by atoms with Gasteiger partial charge in [-0.3, -0.25) is 9.78 Å². The summed E-state index contributed by atoms with van der Waals surface area (Å²) >= 11 is 0. The molecule has 74 valence electrons. The van der Waals surface area contributed by atoms with Crippen LogP contribution >= 0.6 is 0 Å². The number of hydrogen-bond acceptors (Lipinski definition) is 3. The Hall–Kier alpha value is -1.45. The Morgan fingerprint density at radius 1 is 1.64 bits per heavy atom. The fraction of sp³-hybridized carbons (Fsp3) is 0.500. The first kappa shape index (κ1) is 9.12. The predicted molar refractivity (Wildman–Crippen MR) is 51.9 cm³/mol. The topological polar surface area (TPSA) is 68.9 Å². The number of rotatable bonds is 3. The molecule has 1 aliphatic carbocycles. The van der Waals surface area contributed by atoms with E-state index in [9.17, 15) is 4.79 Å². The van der Waals surface area contributed by atoms with E-state index in [4.69, 9.17) is 5.73 Å². The van der Waals surface area contributed by atoms with E-state index in [1.165, 1.54) is 0 Å². The molecule has 1 heterocycles. The van der Waals surface area contributed by atoms with E-state index in [2.05, 4.69) is 9.97 Å². The SMILES string of the molecule is CCc1cnc(C2CC2)c(C(N)=O)n1. The minimum Gasteiger partial charge on any atom is -0.364 e. The number of primary amides is 1. The van der Waals surface area contributed by atoms with Crippen LogP contribution in [-0.4, -0.2) is 15.9 Å². The fourth-order valence-corrected chi connectivity index (χ4v) is 1.44. The second-order valence-corrected chi connectivity index (χ2v) is 3.59. The summed E-state index contributed by atoms with van der Waals surface area (Å²) in [4.78, 5) is 19.6. The molecule has 1 aliphatic rings. The smallest absolute Gasteiger partial charge is 0.269 e. The van der Waals surface area contributed by atoms with Crippen LogP contribution in [0.15, 0.2) is 6.20 Å². The van der Waals surface area contributed by atoms with Crippen LogP contribution < -0.4 is 5.73 Å². The highest BCUT2D eigenvalue weighted by Gasteiger charge is 2.29. The summed E-state index contributed by atoms with van der Waals surface area (Å²) in [6.07, 6.45) is 4.71. The second-order valence-electron chi connectivity index (χ2n) is 3.59. The third-order valence-electron chi connectivity index (χ3n) is 2.41. The van der Waals surface area contributed by atoms with Crippen LogP contribution in [0.4, 0.5) is 0 Å². The van der Waals surface area contributed by atoms with E-state index in [0.717, 1.165) is 30.7 Å². The van der Waals surface area contributed by atoms with Crippen molar-refractivity contribution in [1.82, 2.24) is 9.97 Å². The minimum absolute atomic E-state index is 0.367. The Kier molecular flexibility index (Phi) is 2.19. The van der Waals surface area contributed by atoms with Crippen LogP contribution in [0.1, 0.15) is 47.6 Å². The molecule has 1 saturated carbocycles. The maximum Gasteiger partial charge on any atom is 0.269 e. The van der Waals surface area contributed by atoms with Crippen molar-refractivity contribution in [3.05, 3.63) is 23.3 Å². The number of aryl methyl sites for hydroxylation is 1. The van der Waals surface area contributed by atoms with Gasteiger partial charge in [-0.2, -0.15) is 0 Å². The minimum atomic E-state index is -0.463. The molecule has 2 rings (SSSR count). The van der Waals surface area contributed by atoms with Crippen molar-refractivity contribution < 1.29 is 4.79 Å². The molecule has 0 unspecified atom stereocenters. The summed E-state index contributed by atoms with van der Waals surface area (Å²) < 4.78 is 0. The Morgan fingerprint density at radius 3 is 2.86 bits per heavy atom. The van der Waals surface area contributed by atoms with Crippen LogP contribution in [0, 0.1) is 0 Å². The molecule has 4 nitrogen and oxygen atoms in total. The Morgan fingerprint density at radius 2 is 2.36 bits per heavy atom.